The molecule has 0 N–H and O–H groups in total. The Morgan fingerprint density at radius 1 is 1.24 bits per heavy atom. The van der Waals surface area contributed by atoms with Gasteiger partial charge >= 0.3 is 5.97 Å². The molecule has 2 rings (SSSR count). The number of fused-ring (bicyclic) bond motifs is 1. The highest BCUT2D eigenvalue weighted by Gasteiger charge is 2.16. The smallest absolute Gasteiger partial charge is 0.310 e. The number of esters is 1. The number of rotatable bonds is 7. The Hall–Kier alpha value is -2.56. The number of furan rings is 1. The van der Waals surface area contributed by atoms with Crippen molar-refractivity contribution in [1.82, 2.24) is 4.90 Å². The molecule has 0 radical (unpaired) electrons. The van der Waals surface area contributed by atoms with Crippen LogP contribution in [0, 0.1) is 13.8 Å². The van der Waals surface area contributed by atoms with E-state index >= 15 is 0 Å². The lowest BCUT2D eigenvalue weighted by atomic mass is 10.0. The summed E-state index contributed by atoms with van der Waals surface area (Å²) in [4.78, 5) is 25.8. The van der Waals surface area contributed by atoms with Gasteiger partial charge in [-0.2, -0.15) is 0 Å². The van der Waals surface area contributed by atoms with Crippen LogP contribution in [-0.2, 0) is 20.7 Å². The molecule has 0 aliphatic heterocycles. The van der Waals surface area contributed by atoms with Crippen molar-refractivity contribution < 1.29 is 18.7 Å². The van der Waals surface area contributed by atoms with Crippen LogP contribution in [0.5, 0.6) is 0 Å². The van der Waals surface area contributed by atoms with Crippen molar-refractivity contribution in [3.63, 3.8) is 0 Å². The van der Waals surface area contributed by atoms with Crippen LogP contribution in [0.2, 0.25) is 0 Å². The fraction of sp³-hybridized carbons (Fsp3) is 0.400. The Morgan fingerprint density at radius 3 is 2.56 bits per heavy atom. The summed E-state index contributed by atoms with van der Waals surface area (Å²) in [6.07, 6.45) is 1.65. The largest absolute Gasteiger partial charge is 0.464 e. The summed E-state index contributed by atoms with van der Waals surface area (Å²) in [5, 5.41) is 0.906. The molecule has 1 amide bonds. The van der Waals surface area contributed by atoms with Crippen molar-refractivity contribution in [3.8, 4) is 0 Å². The quantitative estimate of drug-likeness (QED) is 0.570. The predicted octanol–water partition coefficient (Wildman–Crippen LogP) is 3.56. The van der Waals surface area contributed by atoms with Gasteiger partial charge in [-0.05, 0) is 51.0 Å². The van der Waals surface area contributed by atoms with Crippen molar-refractivity contribution >= 4 is 22.8 Å². The molecule has 0 saturated heterocycles. The Kier molecular flexibility index (Phi) is 6.02. The van der Waals surface area contributed by atoms with Gasteiger partial charge in [0, 0.05) is 24.0 Å². The molecule has 1 heterocycles. The molecule has 25 heavy (non-hydrogen) atoms. The van der Waals surface area contributed by atoms with Crippen molar-refractivity contribution in [2.45, 2.75) is 34.1 Å². The van der Waals surface area contributed by atoms with Gasteiger partial charge in [0.05, 0.1) is 12.7 Å². The number of amides is 1. The second-order valence-corrected chi connectivity index (χ2v) is 6.40. The van der Waals surface area contributed by atoms with Crippen LogP contribution in [0.25, 0.3) is 11.0 Å². The average molecular weight is 343 g/mol. The Bertz CT molecular complexity index is 803. The number of hydrogen-bond acceptors (Lipinski definition) is 4. The summed E-state index contributed by atoms with van der Waals surface area (Å²) in [7, 11) is 0. The van der Waals surface area contributed by atoms with Crippen molar-refractivity contribution in [2.24, 2.45) is 0 Å². The number of ether oxygens (including phenoxy) is 1. The summed E-state index contributed by atoms with van der Waals surface area (Å²) in [6, 6.07) is 3.97. The third-order valence-electron chi connectivity index (χ3n) is 4.16. The summed E-state index contributed by atoms with van der Waals surface area (Å²) >= 11 is 0. The first-order valence-corrected chi connectivity index (χ1v) is 8.37. The highest BCUT2D eigenvalue weighted by Crippen LogP contribution is 2.25. The lowest BCUT2D eigenvalue weighted by Gasteiger charge is -2.20. The van der Waals surface area contributed by atoms with Gasteiger partial charge in [0.25, 0.3) is 5.91 Å². The molecule has 5 heteroatoms. The van der Waals surface area contributed by atoms with E-state index in [4.69, 9.17) is 9.15 Å². The molecule has 1 aromatic heterocycles. The normalized spacial score (nSPS) is 10.7. The van der Waals surface area contributed by atoms with E-state index in [1.807, 2.05) is 39.8 Å². The molecule has 1 aromatic carbocycles. The van der Waals surface area contributed by atoms with E-state index in [-0.39, 0.29) is 18.9 Å². The summed E-state index contributed by atoms with van der Waals surface area (Å²) in [5.74, 6) is -0.664. The SMILES string of the molecule is C=C(C)CN(CC)C(=O)COC(=O)Cc1coc2cc(C)c(C)cc12. The van der Waals surface area contributed by atoms with E-state index in [9.17, 15) is 9.59 Å². The van der Waals surface area contributed by atoms with Crippen LogP contribution in [0.1, 0.15) is 30.5 Å². The van der Waals surface area contributed by atoms with Crippen LogP contribution < -0.4 is 0 Å². The zero-order valence-electron chi connectivity index (χ0n) is 15.3. The molecule has 0 bridgehead atoms. The molecule has 0 unspecified atom stereocenters. The molecule has 5 nitrogen and oxygen atoms in total. The lowest BCUT2D eigenvalue weighted by Crippen LogP contribution is -2.35. The molecule has 0 fully saturated rings. The van der Waals surface area contributed by atoms with Gasteiger partial charge in [0.2, 0.25) is 0 Å². The molecule has 0 saturated carbocycles. The highest BCUT2D eigenvalue weighted by atomic mass is 16.5. The van der Waals surface area contributed by atoms with Crippen molar-refractivity contribution in [3.05, 3.63) is 47.2 Å². The molecule has 0 aliphatic carbocycles. The maximum absolute atomic E-state index is 12.1. The number of carbonyl (C=O) groups is 2. The zero-order chi connectivity index (χ0) is 18.6. The second kappa shape index (κ2) is 8.01. The topological polar surface area (TPSA) is 59.8 Å². The van der Waals surface area contributed by atoms with Crippen LogP contribution in [-0.4, -0.2) is 36.5 Å². The predicted molar refractivity (Wildman–Crippen MR) is 97.4 cm³/mol. The third kappa shape index (κ3) is 4.72. The molecule has 134 valence electrons. The van der Waals surface area contributed by atoms with Gasteiger partial charge in [-0.1, -0.05) is 12.2 Å². The van der Waals surface area contributed by atoms with Gasteiger partial charge in [-0.15, -0.1) is 0 Å². The van der Waals surface area contributed by atoms with E-state index in [1.54, 1.807) is 11.2 Å². The number of benzene rings is 1. The minimum absolute atomic E-state index is 0.0788. The summed E-state index contributed by atoms with van der Waals surface area (Å²) in [6.45, 7) is 12.3. The number of likely N-dealkylation sites (N-methyl/N-ethyl adjacent to an activating group) is 1. The van der Waals surface area contributed by atoms with E-state index < -0.39 is 5.97 Å². The number of aryl methyl sites for hydroxylation is 2. The standard InChI is InChI=1S/C20H25NO4/c1-6-21(10-13(2)3)19(22)12-25-20(23)9-16-11-24-18-8-15(5)14(4)7-17(16)18/h7-8,11H,2,6,9-10,12H2,1,3-5H3. The number of carbonyl (C=O) groups excluding carboxylic acids is 2. The second-order valence-electron chi connectivity index (χ2n) is 6.40. The van der Waals surface area contributed by atoms with Crippen LogP contribution in [0.3, 0.4) is 0 Å². The Labute approximate surface area is 148 Å². The van der Waals surface area contributed by atoms with Gasteiger partial charge in [-0.3, -0.25) is 9.59 Å². The Morgan fingerprint density at radius 2 is 1.92 bits per heavy atom. The monoisotopic (exact) mass is 343 g/mol. The molecule has 0 spiro atoms. The first-order chi connectivity index (χ1) is 11.8. The van der Waals surface area contributed by atoms with Gasteiger partial charge in [0.15, 0.2) is 6.61 Å². The van der Waals surface area contributed by atoms with E-state index in [0.29, 0.717) is 13.1 Å². The molecule has 0 atom stereocenters. The molecular formula is C20H25NO4. The van der Waals surface area contributed by atoms with E-state index in [1.165, 1.54) is 0 Å². The third-order valence-corrected chi connectivity index (χ3v) is 4.16. The maximum atomic E-state index is 12.1. The number of hydrogen-bond donors (Lipinski definition) is 0. The van der Waals surface area contributed by atoms with E-state index in [2.05, 4.69) is 6.58 Å². The van der Waals surface area contributed by atoms with Gasteiger partial charge in [-0.25, -0.2) is 0 Å². The molecular weight excluding hydrogens is 318 g/mol. The summed E-state index contributed by atoms with van der Waals surface area (Å²) < 4.78 is 10.7. The molecule has 2 aromatic rings. The highest BCUT2D eigenvalue weighted by molar-refractivity contribution is 5.87. The van der Waals surface area contributed by atoms with Crippen LogP contribution >= 0.6 is 0 Å². The first kappa shape index (κ1) is 18.8. The average Bonchev–Trinajstić information content (AvgIpc) is 2.92. The zero-order valence-corrected chi connectivity index (χ0v) is 15.3. The van der Waals surface area contributed by atoms with Gasteiger partial charge < -0.3 is 14.1 Å². The maximum Gasteiger partial charge on any atom is 0.310 e. The lowest BCUT2D eigenvalue weighted by molar-refractivity contribution is -0.151. The van der Waals surface area contributed by atoms with Gasteiger partial charge in [0.1, 0.15) is 5.58 Å². The number of nitrogens with zero attached hydrogens (tertiary/aromatic N) is 1. The van der Waals surface area contributed by atoms with Crippen molar-refractivity contribution in [1.29, 1.82) is 0 Å². The minimum Gasteiger partial charge on any atom is -0.464 e. The first-order valence-electron chi connectivity index (χ1n) is 8.37. The fourth-order valence-electron chi connectivity index (χ4n) is 2.62. The van der Waals surface area contributed by atoms with Crippen LogP contribution in [0.4, 0.5) is 0 Å². The summed E-state index contributed by atoms with van der Waals surface area (Å²) in [5.41, 5.74) is 4.68. The van der Waals surface area contributed by atoms with E-state index in [0.717, 1.165) is 33.2 Å². The fourth-order valence-corrected chi connectivity index (χ4v) is 2.62. The minimum atomic E-state index is -0.444. The van der Waals surface area contributed by atoms with Crippen LogP contribution in [0.15, 0.2) is 35.0 Å². The van der Waals surface area contributed by atoms with Crippen molar-refractivity contribution in [2.75, 3.05) is 19.7 Å². The molecule has 0 aliphatic rings. The Balaban J connectivity index is 1.98.